The molecule has 13 heavy (non-hydrogen) atoms. The second kappa shape index (κ2) is 5.06. The number of hydrogen-bond donors (Lipinski definition) is 0. The molecule has 0 heterocycles. The maximum Gasteiger partial charge on any atom is -0.0133 e. The first-order valence-electron chi connectivity index (χ1n) is 5.29. The first-order chi connectivity index (χ1) is 6.29. The molecule has 0 aromatic carbocycles. The van der Waals surface area contributed by atoms with E-state index in [1.165, 1.54) is 12.0 Å². The Balaban J connectivity index is 2.56. The van der Waals surface area contributed by atoms with Crippen LogP contribution in [0.3, 0.4) is 0 Å². The summed E-state index contributed by atoms with van der Waals surface area (Å²) in [5, 5.41) is 0. The van der Waals surface area contributed by atoms with E-state index in [9.17, 15) is 0 Å². The zero-order chi connectivity index (χ0) is 9.68. The summed E-state index contributed by atoms with van der Waals surface area (Å²) in [6.07, 6.45) is 13.5. The zero-order valence-electron chi connectivity index (χ0n) is 8.96. The highest BCUT2D eigenvalue weighted by Gasteiger charge is 2.34. The smallest absolute Gasteiger partial charge is 0.0133 e. The molecule has 0 N–H and O–H groups in total. The fraction of sp³-hybridized carbons (Fsp3) is 0.538. The lowest BCUT2D eigenvalue weighted by molar-refractivity contribution is 0.873. The molecule has 1 saturated carbocycles. The summed E-state index contributed by atoms with van der Waals surface area (Å²) >= 11 is 0. The standard InChI is InChI=1S/C13H20/c1-4-6-7-9-12(8-5-2)13-10-11(13)3/h5-9,11,13H,4,10H2,1-3H3/b7-6+,8-5-,12-9+. The first kappa shape index (κ1) is 10.3. The molecule has 0 aromatic heterocycles. The Morgan fingerprint density at radius 1 is 1.46 bits per heavy atom. The fourth-order valence-electron chi connectivity index (χ4n) is 1.60. The summed E-state index contributed by atoms with van der Waals surface area (Å²) < 4.78 is 0. The van der Waals surface area contributed by atoms with E-state index in [0.29, 0.717) is 0 Å². The Morgan fingerprint density at radius 2 is 2.15 bits per heavy atom. The van der Waals surface area contributed by atoms with E-state index in [2.05, 4.69) is 51.2 Å². The van der Waals surface area contributed by atoms with Crippen LogP contribution in [0.4, 0.5) is 0 Å². The highest BCUT2D eigenvalue weighted by Crippen LogP contribution is 2.44. The van der Waals surface area contributed by atoms with Gasteiger partial charge in [-0.05, 0) is 37.2 Å². The summed E-state index contributed by atoms with van der Waals surface area (Å²) in [7, 11) is 0. The lowest BCUT2D eigenvalue weighted by Crippen LogP contribution is -1.82. The molecule has 0 bridgehead atoms. The average molecular weight is 176 g/mol. The van der Waals surface area contributed by atoms with Crippen molar-refractivity contribution in [2.24, 2.45) is 11.8 Å². The van der Waals surface area contributed by atoms with Crippen molar-refractivity contribution >= 4 is 0 Å². The van der Waals surface area contributed by atoms with Gasteiger partial charge in [0.1, 0.15) is 0 Å². The lowest BCUT2D eigenvalue weighted by atomic mass is 10.1. The van der Waals surface area contributed by atoms with Gasteiger partial charge in [0.2, 0.25) is 0 Å². The number of allylic oxidation sites excluding steroid dienone is 6. The van der Waals surface area contributed by atoms with Crippen LogP contribution < -0.4 is 0 Å². The average Bonchev–Trinajstić information content (AvgIpc) is 2.82. The van der Waals surface area contributed by atoms with Gasteiger partial charge in [0.05, 0.1) is 0 Å². The Morgan fingerprint density at radius 3 is 2.62 bits per heavy atom. The highest BCUT2D eigenvalue weighted by atomic mass is 14.4. The van der Waals surface area contributed by atoms with E-state index in [0.717, 1.165) is 18.3 Å². The molecular weight excluding hydrogens is 156 g/mol. The molecule has 0 nitrogen and oxygen atoms in total. The molecule has 1 fully saturated rings. The normalized spacial score (nSPS) is 29.0. The SMILES string of the molecule is C\C=C/C(=C\C=C\CC)C1CC1C. The number of hydrogen-bond acceptors (Lipinski definition) is 0. The molecule has 0 aliphatic heterocycles. The molecule has 1 rings (SSSR count). The van der Waals surface area contributed by atoms with Crippen molar-refractivity contribution in [1.82, 2.24) is 0 Å². The zero-order valence-corrected chi connectivity index (χ0v) is 8.96. The highest BCUT2D eigenvalue weighted by molar-refractivity contribution is 5.30. The minimum atomic E-state index is 0.831. The van der Waals surface area contributed by atoms with Gasteiger partial charge in [-0.2, -0.15) is 0 Å². The molecule has 2 atom stereocenters. The molecule has 1 aliphatic carbocycles. The minimum Gasteiger partial charge on any atom is -0.0874 e. The van der Waals surface area contributed by atoms with Crippen LogP contribution in [0.15, 0.2) is 36.0 Å². The van der Waals surface area contributed by atoms with E-state index >= 15 is 0 Å². The predicted molar refractivity (Wildman–Crippen MR) is 59.6 cm³/mol. The minimum absolute atomic E-state index is 0.831. The van der Waals surface area contributed by atoms with Crippen molar-refractivity contribution in [2.75, 3.05) is 0 Å². The van der Waals surface area contributed by atoms with E-state index < -0.39 is 0 Å². The summed E-state index contributed by atoms with van der Waals surface area (Å²) in [4.78, 5) is 0. The van der Waals surface area contributed by atoms with Crippen LogP contribution in [0.2, 0.25) is 0 Å². The molecule has 72 valence electrons. The van der Waals surface area contributed by atoms with Crippen molar-refractivity contribution in [2.45, 2.75) is 33.6 Å². The Hall–Kier alpha value is -0.780. The van der Waals surface area contributed by atoms with E-state index in [1.807, 2.05) is 0 Å². The molecule has 0 heteroatoms. The Bertz CT molecular complexity index is 230. The van der Waals surface area contributed by atoms with Crippen LogP contribution >= 0.6 is 0 Å². The van der Waals surface area contributed by atoms with Gasteiger partial charge in [-0.25, -0.2) is 0 Å². The maximum atomic E-state index is 2.32. The Kier molecular flexibility index (Phi) is 4.01. The second-order valence-corrected chi connectivity index (χ2v) is 3.82. The topological polar surface area (TPSA) is 0 Å². The second-order valence-electron chi connectivity index (χ2n) is 3.82. The van der Waals surface area contributed by atoms with E-state index in [4.69, 9.17) is 0 Å². The van der Waals surface area contributed by atoms with Gasteiger partial charge in [-0.15, -0.1) is 0 Å². The third-order valence-corrected chi connectivity index (χ3v) is 2.56. The van der Waals surface area contributed by atoms with Crippen molar-refractivity contribution < 1.29 is 0 Å². The van der Waals surface area contributed by atoms with Gasteiger partial charge in [0.25, 0.3) is 0 Å². The fourth-order valence-corrected chi connectivity index (χ4v) is 1.60. The maximum absolute atomic E-state index is 2.32. The lowest BCUT2D eigenvalue weighted by Gasteiger charge is -1.96. The van der Waals surface area contributed by atoms with E-state index in [-0.39, 0.29) is 0 Å². The van der Waals surface area contributed by atoms with Crippen LogP contribution in [0.5, 0.6) is 0 Å². The summed E-state index contributed by atoms with van der Waals surface area (Å²) in [6.45, 7) is 6.58. The van der Waals surface area contributed by atoms with Gasteiger partial charge >= 0.3 is 0 Å². The molecule has 2 unspecified atom stereocenters. The monoisotopic (exact) mass is 176 g/mol. The third kappa shape index (κ3) is 3.22. The van der Waals surface area contributed by atoms with Gasteiger partial charge in [0.15, 0.2) is 0 Å². The van der Waals surface area contributed by atoms with Crippen LogP contribution in [0.1, 0.15) is 33.6 Å². The van der Waals surface area contributed by atoms with Crippen LogP contribution in [-0.4, -0.2) is 0 Å². The van der Waals surface area contributed by atoms with Gasteiger partial charge in [-0.1, -0.05) is 44.2 Å². The molecule has 0 radical (unpaired) electrons. The van der Waals surface area contributed by atoms with Crippen molar-refractivity contribution in [3.05, 3.63) is 36.0 Å². The van der Waals surface area contributed by atoms with Crippen molar-refractivity contribution in [3.63, 3.8) is 0 Å². The van der Waals surface area contributed by atoms with Gasteiger partial charge in [0, 0.05) is 0 Å². The van der Waals surface area contributed by atoms with E-state index in [1.54, 1.807) is 0 Å². The molecule has 0 spiro atoms. The predicted octanol–water partition coefficient (Wildman–Crippen LogP) is 4.11. The molecule has 1 aliphatic rings. The van der Waals surface area contributed by atoms with Gasteiger partial charge in [-0.3, -0.25) is 0 Å². The van der Waals surface area contributed by atoms with Crippen molar-refractivity contribution in [3.8, 4) is 0 Å². The Labute approximate surface area is 82.0 Å². The summed E-state index contributed by atoms with van der Waals surface area (Å²) in [5.74, 6) is 1.73. The molecular formula is C13H20. The van der Waals surface area contributed by atoms with Crippen LogP contribution in [0, 0.1) is 11.8 Å². The summed E-state index contributed by atoms with van der Waals surface area (Å²) in [6, 6.07) is 0. The van der Waals surface area contributed by atoms with Crippen molar-refractivity contribution in [1.29, 1.82) is 0 Å². The van der Waals surface area contributed by atoms with Gasteiger partial charge < -0.3 is 0 Å². The third-order valence-electron chi connectivity index (χ3n) is 2.56. The molecule has 0 saturated heterocycles. The molecule has 0 aromatic rings. The first-order valence-corrected chi connectivity index (χ1v) is 5.29. The molecule has 0 amide bonds. The largest absolute Gasteiger partial charge is 0.0874 e. The quantitative estimate of drug-likeness (QED) is 0.565. The number of rotatable bonds is 4. The van der Waals surface area contributed by atoms with Crippen LogP contribution in [-0.2, 0) is 0 Å². The summed E-state index contributed by atoms with van der Waals surface area (Å²) in [5.41, 5.74) is 1.50. The van der Waals surface area contributed by atoms with Crippen LogP contribution in [0.25, 0.3) is 0 Å².